The maximum atomic E-state index is 12.2. The van der Waals surface area contributed by atoms with Gasteiger partial charge in [-0.25, -0.2) is 9.59 Å². The molecule has 9 heteroatoms. The minimum absolute atomic E-state index is 0.245. The van der Waals surface area contributed by atoms with E-state index in [9.17, 15) is 9.59 Å². The van der Waals surface area contributed by atoms with E-state index in [0.29, 0.717) is 38.4 Å². The first-order chi connectivity index (χ1) is 15.2. The van der Waals surface area contributed by atoms with Gasteiger partial charge in [0.1, 0.15) is 5.60 Å². The molecule has 1 aliphatic rings. The van der Waals surface area contributed by atoms with Crippen LogP contribution in [0.2, 0.25) is 0 Å². The highest BCUT2D eigenvalue weighted by Crippen LogP contribution is 2.20. The van der Waals surface area contributed by atoms with E-state index in [1.807, 2.05) is 44.5 Å². The summed E-state index contributed by atoms with van der Waals surface area (Å²) in [6, 6.07) is 5.47. The molecule has 0 bridgehead atoms. The maximum Gasteiger partial charge on any atom is 0.410 e. The molecule has 1 saturated heterocycles. The quantitative estimate of drug-likeness (QED) is 0.477. The van der Waals surface area contributed by atoms with Gasteiger partial charge in [0.2, 0.25) is 0 Å². The van der Waals surface area contributed by atoms with Gasteiger partial charge in [-0.3, -0.25) is 9.58 Å². The first-order valence-corrected chi connectivity index (χ1v) is 11.0. The van der Waals surface area contributed by atoms with Gasteiger partial charge >= 0.3 is 12.1 Å². The van der Waals surface area contributed by atoms with Gasteiger partial charge in [-0.15, -0.1) is 0 Å². The Morgan fingerprint density at radius 2 is 1.75 bits per heavy atom. The standard InChI is InChI=1S/C23H34N4O5/c1-17-19-7-6-18(21(28)30-5)16-20(19)27(24-17)13-15-31-14-12-25-8-10-26(11-9-25)22(29)32-23(2,3)4/h6-7,16H,8-15H2,1-5H3. The molecule has 9 nitrogen and oxygen atoms in total. The van der Waals surface area contributed by atoms with E-state index in [1.165, 1.54) is 7.11 Å². The number of carbonyl (C=O) groups is 2. The largest absolute Gasteiger partial charge is 0.465 e. The first-order valence-electron chi connectivity index (χ1n) is 11.0. The van der Waals surface area contributed by atoms with Crippen molar-refractivity contribution < 1.29 is 23.8 Å². The minimum atomic E-state index is -0.471. The van der Waals surface area contributed by atoms with Gasteiger partial charge in [-0.1, -0.05) is 6.07 Å². The molecule has 1 fully saturated rings. The third-order valence-electron chi connectivity index (χ3n) is 5.38. The van der Waals surface area contributed by atoms with Crippen LogP contribution in [0.15, 0.2) is 18.2 Å². The van der Waals surface area contributed by atoms with Gasteiger partial charge in [-0.05, 0) is 39.8 Å². The summed E-state index contributed by atoms with van der Waals surface area (Å²) in [4.78, 5) is 28.0. The van der Waals surface area contributed by atoms with Gasteiger partial charge in [0.05, 0.1) is 43.6 Å². The van der Waals surface area contributed by atoms with Crippen LogP contribution in [0.3, 0.4) is 0 Å². The molecule has 0 spiro atoms. The molecule has 0 aliphatic carbocycles. The molecule has 1 amide bonds. The summed E-state index contributed by atoms with van der Waals surface area (Å²) in [5, 5.41) is 5.59. The fourth-order valence-electron chi connectivity index (χ4n) is 3.68. The Bertz CT molecular complexity index is 942. The molecular formula is C23H34N4O5. The molecule has 32 heavy (non-hydrogen) atoms. The fourth-order valence-corrected chi connectivity index (χ4v) is 3.68. The number of rotatable bonds is 7. The normalized spacial score (nSPS) is 15.2. The van der Waals surface area contributed by atoms with Crippen molar-refractivity contribution in [2.75, 3.05) is 53.0 Å². The van der Waals surface area contributed by atoms with Crippen LogP contribution in [-0.4, -0.2) is 90.3 Å². The summed E-state index contributed by atoms with van der Waals surface area (Å²) in [6.07, 6.45) is -0.245. The summed E-state index contributed by atoms with van der Waals surface area (Å²) in [5.74, 6) is -0.361. The topological polar surface area (TPSA) is 86.1 Å². The third kappa shape index (κ3) is 6.20. The summed E-state index contributed by atoms with van der Waals surface area (Å²) in [5.41, 5.74) is 1.85. The Kier molecular flexibility index (Phi) is 7.73. The molecule has 0 saturated carbocycles. The lowest BCUT2D eigenvalue weighted by atomic mass is 10.1. The van der Waals surface area contributed by atoms with Crippen molar-refractivity contribution in [1.29, 1.82) is 0 Å². The number of hydrogen-bond donors (Lipinski definition) is 0. The number of hydrogen-bond acceptors (Lipinski definition) is 7. The molecule has 2 aromatic rings. The van der Waals surface area contributed by atoms with Crippen LogP contribution in [0.1, 0.15) is 36.8 Å². The molecule has 2 heterocycles. The van der Waals surface area contributed by atoms with Crippen LogP contribution < -0.4 is 0 Å². The Morgan fingerprint density at radius 1 is 1.06 bits per heavy atom. The highest BCUT2D eigenvalue weighted by molar-refractivity contribution is 5.95. The molecule has 176 valence electrons. The zero-order chi connectivity index (χ0) is 23.3. The zero-order valence-corrected chi connectivity index (χ0v) is 19.7. The molecule has 1 aromatic carbocycles. The minimum Gasteiger partial charge on any atom is -0.465 e. The Labute approximate surface area is 189 Å². The van der Waals surface area contributed by atoms with E-state index in [2.05, 4.69) is 10.00 Å². The number of carbonyl (C=O) groups excluding carboxylic acids is 2. The van der Waals surface area contributed by atoms with Crippen LogP contribution in [0.5, 0.6) is 0 Å². The van der Waals surface area contributed by atoms with Gasteiger partial charge in [0.25, 0.3) is 0 Å². The first kappa shape index (κ1) is 24.0. The van der Waals surface area contributed by atoms with Gasteiger partial charge in [0.15, 0.2) is 0 Å². The van der Waals surface area contributed by atoms with E-state index < -0.39 is 5.60 Å². The molecule has 0 atom stereocenters. The number of nitrogens with zero attached hydrogens (tertiary/aromatic N) is 4. The number of piperazine rings is 1. The zero-order valence-electron chi connectivity index (χ0n) is 19.7. The van der Waals surface area contributed by atoms with Crippen molar-refractivity contribution in [3.63, 3.8) is 0 Å². The van der Waals surface area contributed by atoms with E-state index in [1.54, 1.807) is 11.0 Å². The summed E-state index contributed by atoms with van der Waals surface area (Å²) in [6.45, 7) is 13.1. The van der Waals surface area contributed by atoms with Crippen molar-refractivity contribution >= 4 is 23.0 Å². The number of benzene rings is 1. The van der Waals surface area contributed by atoms with Crippen molar-refractivity contribution in [2.45, 2.75) is 39.8 Å². The molecule has 0 radical (unpaired) electrons. The number of methoxy groups -OCH3 is 1. The van der Waals surface area contributed by atoms with Crippen LogP contribution in [0, 0.1) is 6.92 Å². The van der Waals surface area contributed by atoms with Crippen LogP contribution in [0.4, 0.5) is 4.79 Å². The smallest absolute Gasteiger partial charge is 0.410 e. The Hall–Kier alpha value is -2.65. The second-order valence-corrected chi connectivity index (χ2v) is 8.95. The van der Waals surface area contributed by atoms with Crippen molar-refractivity contribution in [3.05, 3.63) is 29.5 Å². The number of aryl methyl sites for hydroxylation is 1. The fraction of sp³-hybridized carbons (Fsp3) is 0.609. The third-order valence-corrected chi connectivity index (χ3v) is 5.38. The monoisotopic (exact) mass is 446 g/mol. The second-order valence-electron chi connectivity index (χ2n) is 8.95. The SMILES string of the molecule is COC(=O)c1ccc2c(C)nn(CCOCCN3CCN(C(=O)OC(C)(C)C)CC3)c2c1. The second kappa shape index (κ2) is 10.3. The van der Waals surface area contributed by atoms with E-state index in [0.717, 1.165) is 36.2 Å². The van der Waals surface area contributed by atoms with Gasteiger partial charge < -0.3 is 19.1 Å². The molecule has 1 aromatic heterocycles. The maximum absolute atomic E-state index is 12.2. The Morgan fingerprint density at radius 3 is 2.41 bits per heavy atom. The van der Waals surface area contributed by atoms with E-state index in [-0.39, 0.29) is 12.1 Å². The Balaban J connectivity index is 1.41. The van der Waals surface area contributed by atoms with Crippen LogP contribution in [-0.2, 0) is 20.8 Å². The molecular weight excluding hydrogens is 412 g/mol. The summed E-state index contributed by atoms with van der Waals surface area (Å²) < 4.78 is 18.0. The van der Waals surface area contributed by atoms with E-state index in [4.69, 9.17) is 14.2 Å². The van der Waals surface area contributed by atoms with Crippen molar-refractivity contribution in [3.8, 4) is 0 Å². The summed E-state index contributed by atoms with van der Waals surface area (Å²) in [7, 11) is 1.38. The lowest BCUT2D eigenvalue weighted by Crippen LogP contribution is -2.50. The predicted molar refractivity (Wildman–Crippen MR) is 121 cm³/mol. The number of fused-ring (bicyclic) bond motifs is 1. The molecule has 3 rings (SSSR count). The molecule has 0 unspecified atom stereocenters. The van der Waals surface area contributed by atoms with Crippen LogP contribution >= 0.6 is 0 Å². The number of aromatic nitrogens is 2. The highest BCUT2D eigenvalue weighted by Gasteiger charge is 2.25. The van der Waals surface area contributed by atoms with Crippen LogP contribution in [0.25, 0.3) is 10.9 Å². The average molecular weight is 447 g/mol. The predicted octanol–water partition coefficient (Wildman–Crippen LogP) is 2.70. The highest BCUT2D eigenvalue weighted by atomic mass is 16.6. The number of ether oxygens (including phenoxy) is 3. The lowest BCUT2D eigenvalue weighted by molar-refractivity contribution is 0.0114. The average Bonchev–Trinajstić information content (AvgIpc) is 3.07. The summed E-state index contributed by atoms with van der Waals surface area (Å²) >= 11 is 0. The van der Waals surface area contributed by atoms with Crippen molar-refractivity contribution in [2.24, 2.45) is 0 Å². The van der Waals surface area contributed by atoms with Gasteiger partial charge in [-0.2, -0.15) is 5.10 Å². The lowest BCUT2D eigenvalue weighted by Gasteiger charge is -2.35. The number of amides is 1. The van der Waals surface area contributed by atoms with Gasteiger partial charge in [0, 0.05) is 38.1 Å². The molecule has 0 N–H and O–H groups in total. The molecule has 1 aliphatic heterocycles. The van der Waals surface area contributed by atoms with E-state index >= 15 is 0 Å². The number of esters is 1. The van der Waals surface area contributed by atoms with Crippen molar-refractivity contribution in [1.82, 2.24) is 19.6 Å².